The van der Waals surface area contributed by atoms with E-state index in [0.29, 0.717) is 11.8 Å². The molecule has 0 amide bonds. The summed E-state index contributed by atoms with van der Waals surface area (Å²) in [6.45, 7) is 3.67. The van der Waals surface area contributed by atoms with Gasteiger partial charge in [-0.05, 0) is 25.1 Å². The molecule has 0 aliphatic rings. The van der Waals surface area contributed by atoms with Gasteiger partial charge in [-0.15, -0.1) is 23.2 Å². The molecule has 0 rings (SSSR count). The first-order chi connectivity index (χ1) is 5.60. The molecule has 0 bridgehead atoms. The van der Waals surface area contributed by atoms with E-state index in [1.54, 1.807) is 0 Å². The highest BCUT2D eigenvalue weighted by Gasteiger charge is 2.14. The number of hydrogen-bond acceptors (Lipinski definition) is 2. The number of alkyl halides is 2. The molecule has 0 spiro atoms. The van der Waals surface area contributed by atoms with Crippen molar-refractivity contribution >= 4 is 42.2 Å². The van der Waals surface area contributed by atoms with Gasteiger partial charge in [0, 0.05) is 11.8 Å². The Balaban J connectivity index is 3.51. The van der Waals surface area contributed by atoms with Crippen molar-refractivity contribution in [1.29, 1.82) is 0 Å². The molecule has 0 saturated carbocycles. The largest absolute Gasteiger partial charge is 0.318 e. The zero-order chi connectivity index (χ0) is 9.56. The lowest BCUT2D eigenvalue weighted by atomic mass is 10.5. The van der Waals surface area contributed by atoms with Crippen molar-refractivity contribution in [3.63, 3.8) is 0 Å². The van der Waals surface area contributed by atoms with Gasteiger partial charge in [-0.2, -0.15) is 0 Å². The van der Waals surface area contributed by atoms with Gasteiger partial charge in [0.2, 0.25) is 0 Å². The van der Waals surface area contributed by atoms with E-state index in [1.165, 1.54) is 0 Å². The predicted molar refractivity (Wildman–Crippen MR) is 55.3 cm³/mol. The molecule has 0 aromatic rings. The summed E-state index contributed by atoms with van der Waals surface area (Å²) in [6.07, 6.45) is -0.171. The number of halogens is 3. The Bertz CT molecular complexity index is 105. The summed E-state index contributed by atoms with van der Waals surface area (Å²) in [7, 11) is -1.37. The van der Waals surface area contributed by atoms with E-state index in [1.807, 2.05) is 13.8 Å². The van der Waals surface area contributed by atoms with Crippen LogP contribution >= 0.6 is 42.2 Å². The molecule has 2 atom stereocenters. The minimum atomic E-state index is -1.37. The molecule has 6 heteroatoms. The fourth-order valence-corrected chi connectivity index (χ4v) is 2.25. The maximum absolute atomic E-state index is 5.73. The van der Waals surface area contributed by atoms with E-state index in [0.717, 1.165) is 0 Å². The quantitative estimate of drug-likeness (QED) is 0.530. The van der Waals surface area contributed by atoms with Crippen LogP contribution < -0.4 is 0 Å². The van der Waals surface area contributed by atoms with Crippen molar-refractivity contribution < 1.29 is 9.05 Å². The van der Waals surface area contributed by atoms with Crippen molar-refractivity contribution in [2.75, 3.05) is 11.8 Å². The second-order valence-corrected chi connectivity index (χ2v) is 4.65. The highest BCUT2D eigenvalue weighted by molar-refractivity contribution is 7.76. The van der Waals surface area contributed by atoms with Gasteiger partial charge in [-0.3, -0.25) is 0 Å². The minimum absolute atomic E-state index is 0.0854. The van der Waals surface area contributed by atoms with E-state index in [4.69, 9.17) is 43.5 Å². The van der Waals surface area contributed by atoms with Crippen molar-refractivity contribution in [3.8, 4) is 0 Å². The maximum Gasteiger partial charge on any atom is 0.277 e. The van der Waals surface area contributed by atoms with Crippen LogP contribution in [0.25, 0.3) is 0 Å². The summed E-state index contributed by atoms with van der Waals surface area (Å²) < 4.78 is 10.4. The summed E-state index contributed by atoms with van der Waals surface area (Å²) in [5.74, 6) is 0.814. The summed E-state index contributed by atoms with van der Waals surface area (Å²) in [5.41, 5.74) is 0. The first-order valence-electron chi connectivity index (χ1n) is 3.51. The van der Waals surface area contributed by atoms with Crippen molar-refractivity contribution in [3.05, 3.63) is 0 Å². The van der Waals surface area contributed by atoms with Crippen molar-refractivity contribution in [2.45, 2.75) is 26.1 Å². The van der Waals surface area contributed by atoms with Gasteiger partial charge < -0.3 is 9.05 Å². The van der Waals surface area contributed by atoms with E-state index >= 15 is 0 Å². The third-order valence-electron chi connectivity index (χ3n) is 0.960. The molecule has 0 aliphatic carbocycles. The van der Waals surface area contributed by atoms with Gasteiger partial charge in [0.1, 0.15) is 0 Å². The lowest BCUT2D eigenvalue weighted by Gasteiger charge is -2.17. The molecular weight excluding hydrogens is 241 g/mol. The van der Waals surface area contributed by atoms with Crippen LogP contribution in [0.4, 0.5) is 0 Å². The zero-order valence-corrected chi connectivity index (χ0v) is 10.1. The molecule has 0 aromatic carbocycles. The molecular formula is C6H12Cl3O2P. The molecule has 0 N–H and O–H groups in total. The van der Waals surface area contributed by atoms with Crippen LogP contribution in [-0.2, 0) is 9.05 Å². The Morgan fingerprint density at radius 3 is 1.67 bits per heavy atom. The predicted octanol–water partition coefficient (Wildman–Crippen LogP) is 3.74. The highest BCUT2D eigenvalue weighted by atomic mass is 35.7. The molecule has 0 fully saturated rings. The van der Waals surface area contributed by atoms with Crippen molar-refractivity contribution in [2.24, 2.45) is 0 Å². The zero-order valence-electron chi connectivity index (χ0n) is 6.97. The second kappa shape index (κ2) is 7.61. The molecule has 12 heavy (non-hydrogen) atoms. The topological polar surface area (TPSA) is 18.5 Å². The smallest absolute Gasteiger partial charge is 0.277 e. The first-order valence-corrected chi connectivity index (χ1v) is 6.66. The fraction of sp³-hybridized carbons (Fsp3) is 1.00. The lowest BCUT2D eigenvalue weighted by Crippen LogP contribution is -2.10. The SMILES string of the molecule is CC(CCl)OP(Cl)OC(C)CCl. The van der Waals surface area contributed by atoms with E-state index < -0.39 is 7.73 Å². The third kappa shape index (κ3) is 6.71. The summed E-state index contributed by atoms with van der Waals surface area (Å²) in [4.78, 5) is 0. The Labute approximate surface area is 89.2 Å². The first kappa shape index (κ1) is 13.2. The normalized spacial score (nSPS) is 18.8. The maximum atomic E-state index is 5.73. The van der Waals surface area contributed by atoms with Crippen LogP contribution in [0, 0.1) is 0 Å². The van der Waals surface area contributed by atoms with E-state index in [2.05, 4.69) is 0 Å². The average Bonchev–Trinajstić information content (AvgIpc) is 2.03. The molecule has 0 heterocycles. The van der Waals surface area contributed by atoms with Crippen molar-refractivity contribution in [1.82, 2.24) is 0 Å². The summed E-state index contributed by atoms with van der Waals surface area (Å²) in [5, 5.41) is 0. The van der Waals surface area contributed by atoms with Gasteiger partial charge in [0.25, 0.3) is 7.73 Å². The molecule has 0 radical (unpaired) electrons. The highest BCUT2D eigenvalue weighted by Crippen LogP contribution is 2.46. The van der Waals surface area contributed by atoms with Gasteiger partial charge in [0.05, 0.1) is 12.2 Å². The Kier molecular flexibility index (Phi) is 8.38. The monoisotopic (exact) mass is 252 g/mol. The third-order valence-corrected chi connectivity index (χ3v) is 3.36. The fourth-order valence-electron chi connectivity index (χ4n) is 0.364. The molecule has 2 unspecified atom stereocenters. The van der Waals surface area contributed by atoms with Crippen LogP contribution in [0.1, 0.15) is 13.8 Å². The Morgan fingerprint density at radius 1 is 1.08 bits per heavy atom. The second-order valence-electron chi connectivity index (χ2n) is 2.35. The standard InChI is InChI=1S/C6H12Cl3O2P/c1-5(3-7)10-12(9)11-6(2)4-8/h5-6H,3-4H2,1-2H3. The van der Waals surface area contributed by atoms with Gasteiger partial charge >= 0.3 is 0 Å². The van der Waals surface area contributed by atoms with Gasteiger partial charge in [-0.1, -0.05) is 0 Å². The van der Waals surface area contributed by atoms with Crippen LogP contribution in [0.5, 0.6) is 0 Å². The molecule has 0 saturated heterocycles. The number of hydrogen-bond donors (Lipinski definition) is 0. The van der Waals surface area contributed by atoms with Gasteiger partial charge in [0.15, 0.2) is 0 Å². The van der Waals surface area contributed by atoms with Crippen LogP contribution in [0.15, 0.2) is 0 Å². The molecule has 0 aromatic heterocycles. The lowest BCUT2D eigenvalue weighted by molar-refractivity contribution is 0.190. The van der Waals surface area contributed by atoms with Crippen LogP contribution in [-0.4, -0.2) is 24.0 Å². The van der Waals surface area contributed by atoms with Crippen LogP contribution in [0.3, 0.4) is 0 Å². The minimum Gasteiger partial charge on any atom is -0.318 e. The van der Waals surface area contributed by atoms with E-state index in [9.17, 15) is 0 Å². The number of rotatable bonds is 6. The molecule has 0 aliphatic heterocycles. The summed E-state index contributed by atoms with van der Waals surface area (Å²) in [6, 6.07) is 0. The Morgan fingerprint density at radius 2 is 1.42 bits per heavy atom. The molecule has 2 nitrogen and oxygen atoms in total. The van der Waals surface area contributed by atoms with Crippen LogP contribution in [0.2, 0.25) is 0 Å². The summed E-state index contributed by atoms with van der Waals surface area (Å²) >= 11 is 16.8. The average molecular weight is 253 g/mol. The Hall–Kier alpha value is 1.22. The van der Waals surface area contributed by atoms with E-state index in [-0.39, 0.29) is 12.2 Å². The van der Waals surface area contributed by atoms with Gasteiger partial charge in [-0.25, -0.2) is 0 Å². The molecule has 74 valence electrons.